The Hall–Kier alpha value is -1.95. The van der Waals surface area contributed by atoms with Crippen LogP contribution in [0.5, 0.6) is 0 Å². The number of benzene rings is 1. The number of rotatable bonds is 3. The average Bonchev–Trinajstić information content (AvgIpc) is 3.11. The molecular weight excluding hydrogens is 273 g/mol. The summed E-state index contributed by atoms with van der Waals surface area (Å²) >= 11 is 6.01. The zero-order valence-corrected chi connectivity index (χ0v) is 10.4. The number of aromatic nitrogens is 3. The van der Waals surface area contributed by atoms with Crippen molar-refractivity contribution in [2.24, 2.45) is 0 Å². The number of carboxylic acids is 1. The first-order chi connectivity index (χ1) is 9.08. The van der Waals surface area contributed by atoms with E-state index in [1.165, 1.54) is 22.9 Å². The lowest BCUT2D eigenvalue weighted by Gasteiger charge is -2.07. The fraction of sp³-hybridized carbons (Fsp3) is 0.250. The van der Waals surface area contributed by atoms with Crippen molar-refractivity contribution in [1.29, 1.82) is 0 Å². The zero-order valence-electron chi connectivity index (χ0n) is 9.68. The van der Waals surface area contributed by atoms with E-state index in [4.69, 9.17) is 16.7 Å². The molecule has 0 aliphatic heterocycles. The maximum atomic E-state index is 13.3. The molecule has 7 heteroatoms. The predicted molar refractivity (Wildman–Crippen MR) is 65.3 cm³/mol. The first kappa shape index (κ1) is 12.1. The molecular formula is C12H9ClFN3O2. The summed E-state index contributed by atoms with van der Waals surface area (Å²) in [6, 6.07) is 3.86. The quantitative estimate of drug-likeness (QED) is 0.939. The van der Waals surface area contributed by atoms with Crippen molar-refractivity contribution < 1.29 is 14.3 Å². The molecule has 2 aromatic rings. The fourth-order valence-electron chi connectivity index (χ4n) is 1.99. The van der Waals surface area contributed by atoms with Crippen molar-refractivity contribution in [3.8, 4) is 5.69 Å². The molecule has 1 aromatic heterocycles. The minimum Gasteiger partial charge on any atom is -0.476 e. The molecule has 0 atom stereocenters. The van der Waals surface area contributed by atoms with Gasteiger partial charge in [0.25, 0.3) is 0 Å². The summed E-state index contributed by atoms with van der Waals surface area (Å²) in [5.74, 6) is -1.50. The van der Waals surface area contributed by atoms with E-state index in [9.17, 15) is 9.18 Å². The van der Waals surface area contributed by atoms with Gasteiger partial charge < -0.3 is 5.11 Å². The highest BCUT2D eigenvalue weighted by Crippen LogP contribution is 2.42. The van der Waals surface area contributed by atoms with Crippen LogP contribution in [0.15, 0.2) is 18.2 Å². The Morgan fingerprint density at radius 2 is 2.21 bits per heavy atom. The second-order valence-electron chi connectivity index (χ2n) is 4.41. The highest BCUT2D eigenvalue weighted by molar-refractivity contribution is 6.32. The molecule has 3 rings (SSSR count). The van der Waals surface area contributed by atoms with Crippen LogP contribution in [-0.2, 0) is 0 Å². The minimum absolute atomic E-state index is 0.0946. The highest BCUT2D eigenvalue weighted by Gasteiger charge is 2.34. The molecule has 0 amide bonds. The molecule has 1 fully saturated rings. The van der Waals surface area contributed by atoms with E-state index in [-0.39, 0.29) is 11.6 Å². The van der Waals surface area contributed by atoms with Crippen molar-refractivity contribution in [1.82, 2.24) is 15.0 Å². The van der Waals surface area contributed by atoms with E-state index in [2.05, 4.69) is 10.3 Å². The highest BCUT2D eigenvalue weighted by atomic mass is 35.5. The van der Waals surface area contributed by atoms with Crippen LogP contribution < -0.4 is 0 Å². The van der Waals surface area contributed by atoms with Crippen molar-refractivity contribution in [2.45, 2.75) is 18.8 Å². The van der Waals surface area contributed by atoms with E-state index in [0.29, 0.717) is 16.4 Å². The van der Waals surface area contributed by atoms with Gasteiger partial charge in [-0.1, -0.05) is 16.8 Å². The molecule has 1 heterocycles. The lowest BCUT2D eigenvalue weighted by molar-refractivity contribution is 0.0689. The standard InChI is InChI=1S/C12H9ClFN3O2/c13-8-4-3-7(14)5-9(8)17-11(6-1-2-6)10(12(18)19)15-16-17/h3-6H,1-2H2,(H,18,19). The zero-order chi connectivity index (χ0) is 13.6. The van der Waals surface area contributed by atoms with Gasteiger partial charge in [0.05, 0.1) is 16.4 Å². The number of hydrogen-bond acceptors (Lipinski definition) is 3. The average molecular weight is 282 g/mol. The third kappa shape index (κ3) is 2.08. The fourth-order valence-corrected chi connectivity index (χ4v) is 2.19. The molecule has 5 nitrogen and oxygen atoms in total. The normalized spacial score (nSPS) is 14.6. The summed E-state index contributed by atoms with van der Waals surface area (Å²) in [4.78, 5) is 11.1. The maximum absolute atomic E-state index is 13.3. The summed E-state index contributed by atoms with van der Waals surface area (Å²) in [5, 5.41) is 16.9. The molecule has 19 heavy (non-hydrogen) atoms. The molecule has 0 saturated heterocycles. The molecule has 0 spiro atoms. The molecule has 1 N–H and O–H groups in total. The minimum atomic E-state index is -1.14. The molecule has 1 saturated carbocycles. The predicted octanol–water partition coefficient (Wildman–Crippen LogP) is 2.64. The lowest BCUT2D eigenvalue weighted by atomic mass is 10.2. The molecule has 98 valence electrons. The summed E-state index contributed by atoms with van der Waals surface area (Å²) in [6.07, 6.45) is 1.75. The van der Waals surface area contributed by atoms with Crippen LogP contribution in [-0.4, -0.2) is 26.1 Å². The molecule has 0 radical (unpaired) electrons. The van der Waals surface area contributed by atoms with E-state index in [1.54, 1.807) is 0 Å². The largest absolute Gasteiger partial charge is 0.476 e. The van der Waals surface area contributed by atoms with Crippen LogP contribution in [0.4, 0.5) is 4.39 Å². The Kier molecular flexibility index (Phi) is 2.74. The Morgan fingerprint density at radius 3 is 2.84 bits per heavy atom. The summed E-state index contributed by atoms with van der Waals surface area (Å²) in [5.41, 5.74) is 0.700. The summed E-state index contributed by atoms with van der Waals surface area (Å²) in [7, 11) is 0. The van der Waals surface area contributed by atoms with Crippen LogP contribution >= 0.6 is 11.6 Å². The van der Waals surface area contributed by atoms with Gasteiger partial charge in [0.15, 0.2) is 5.69 Å². The topological polar surface area (TPSA) is 68.0 Å². The SMILES string of the molecule is O=C(O)c1nnn(-c2cc(F)ccc2Cl)c1C1CC1. The van der Waals surface area contributed by atoms with Gasteiger partial charge in [-0.05, 0) is 25.0 Å². The van der Waals surface area contributed by atoms with Gasteiger partial charge in [-0.25, -0.2) is 13.9 Å². The monoisotopic (exact) mass is 281 g/mol. The van der Waals surface area contributed by atoms with E-state index in [0.717, 1.165) is 12.8 Å². The summed E-state index contributed by atoms with van der Waals surface area (Å²) < 4.78 is 14.6. The molecule has 1 aromatic carbocycles. The van der Waals surface area contributed by atoms with Crippen LogP contribution in [0, 0.1) is 5.82 Å². The Balaban J connectivity index is 2.20. The number of aromatic carboxylic acids is 1. The third-order valence-electron chi connectivity index (χ3n) is 3.01. The van der Waals surface area contributed by atoms with Gasteiger partial charge in [-0.15, -0.1) is 5.10 Å². The summed E-state index contributed by atoms with van der Waals surface area (Å²) in [6.45, 7) is 0. The Morgan fingerprint density at radius 1 is 1.47 bits per heavy atom. The van der Waals surface area contributed by atoms with Crippen LogP contribution in [0.3, 0.4) is 0 Å². The smallest absolute Gasteiger partial charge is 0.358 e. The number of halogens is 2. The van der Waals surface area contributed by atoms with E-state index < -0.39 is 11.8 Å². The number of nitrogens with zero attached hydrogens (tertiary/aromatic N) is 3. The van der Waals surface area contributed by atoms with Crippen LogP contribution in [0.1, 0.15) is 34.9 Å². The maximum Gasteiger partial charge on any atom is 0.358 e. The van der Waals surface area contributed by atoms with Gasteiger partial charge in [0, 0.05) is 12.0 Å². The molecule has 0 unspecified atom stereocenters. The Labute approximate surface area is 112 Å². The van der Waals surface area contributed by atoms with Gasteiger partial charge in [0.1, 0.15) is 5.82 Å². The van der Waals surface area contributed by atoms with Crippen LogP contribution in [0.25, 0.3) is 5.69 Å². The van der Waals surface area contributed by atoms with Gasteiger partial charge in [0.2, 0.25) is 0 Å². The van der Waals surface area contributed by atoms with Crippen molar-refractivity contribution in [3.63, 3.8) is 0 Å². The van der Waals surface area contributed by atoms with Crippen molar-refractivity contribution >= 4 is 17.6 Å². The first-order valence-corrected chi connectivity index (χ1v) is 6.10. The molecule has 1 aliphatic rings. The number of carboxylic acid groups (broad SMARTS) is 1. The second kappa shape index (κ2) is 4.31. The van der Waals surface area contributed by atoms with Crippen molar-refractivity contribution in [2.75, 3.05) is 0 Å². The molecule has 1 aliphatic carbocycles. The van der Waals surface area contributed by atoms with Gasteiger partial charge in [-0.3, -0.25) is 0 Å². The molecule has 0 bridgehead atoms. The first-order valence-electron chi connectivity index (χ1n) is 5.72. The van der Waals surface area contributed by atoms with Gasteiger partial charge >= 0.3 is 5.97 Å². The Bertz CT molecular complexity index is 667. The third-order valence-corrected chi connectivity index (χ3v) is 3.33. The number of carbonyl (C=O) groups is 1. The lowest BCUT2D eigenvalue weighted by Crippen LogP contribution is -2.06. The second-order valence-corrected chi connectivity index (χ2v) is 4.82. The van der Waals surface area contributed by atoms with E-state index in [1.807, 2.05) is 0 Å². The van der Waals surface area contributed by atoms with Crippen molar-refractivity contribution in [3.05, 3.63) is 40.4 Å². The van der Waals surface area contributed by atoms with Crippen LogP contribution in [0.2, 0.25) is 5.02 Å². The van der Waals surface area contributed by atoms with E-state index >= 15 is 0 Å². The van der Waals surface area contributed by atoms with Gasteiger partial charge in [-0.2, -0.15) is 0 Å². The number of hydrogen-bond donors (Lipinski definition) is 1.